The highest BCUT2D eigenvalue weighted by Crippen LogP contribution is 2.24. The van der Waals surface area contributed by atoms with Gasteiger partial charge in [0, 0.05) is 31.2 Å². The minimum absolute atomic E-state index is 0.254. The lowest BCUT2D eigenvalue weighted by molar-refractivity contribution is -0.131. The molecule has 23 heavy (non-hydrogen) atoms. The zero-order valence-corrected chi connectivity index (χ0v) is 15.3. The van der Waals surface area contributed by atoms with Crippen molar-refractivity contribution in [3.8, 4) is 0 Å². The molecule has 0 bridgehead atoms. The molecule has 2 N–H and O–H groups in total. The predicted molar refractivity (Wildman–Crippen MR) is 93.2 cm³/mol. The van der Waals surface area contributed by atoms with Crippen molar-refractivity contribution < 1.29 is 4.79 Å². The van der Waals surface area contributed by atoms with E-state index in [-0.39, 0.29) is 5.91 Å². The van der Waals surface area contributed by atoms with Gasteiger partial charge < -0.3 is 10.6 Å². The van der Waals surface area contributed by atoms with Crippen molar-refractivity contribution in [3.63, 3.8) is 0 Å². The molecule has 0 spiro atoms. The molecule has 130 valence electrons. The van der Waals surface area contributed by atoms with Gasteiger partial charge in [0.15, 0.2) is 0 Å². The molecule has 5 nitrogen and oxygen atoms in total. The van der Waals surface area contributed by atoms with Gasteiger partial charge in [-0.05, 0) is 57.6 Å². The molecule has 2 heterocycles. The molecular formula is C18H32N4O. The van der Waals surface area contributed by atoms with Crippen LogP contribution in [-0.2, 0) is 17.8 Å². The van der Waals surface area contributed by atoms with Crippen LogP contribution in [0.4, 0.5) is 0 Å². The summed E-state index contributed by atoms with van der Waals surface area (Å²) in [5.74, 6) is 1.29. The van der Waals surface area contributed by atoms with Crippen LogP contribution in [0.2, 0.25) is 0 Å². The van der Waals surface area contributed by atoms with Gasteiger partial charge in [-0.2, -0.15) is 5.10 Å². The number of aryl methyl sites for hydroxylation is 1. The Balaban J connectivity index is 1.98. The molecule has 0 aromatic carbocycles. The molecule has 0 saturated carbocycles. The van der Waals surface area contributed by atoms with Crippen molar-refractivity contribution in [3.05, 3.63) is 17.0 Å². The SMILES string of the molecule is Cc1nn(CC(C)C)c(C)c1CCC(=O)N1CC(CN)CC1C. The molecule has 1 amide bonds. The number of nitrogens with zero attached hydrogens (tertiary/aromatic N) is 3. The summed E-state index contributed by atoms with van der Waals surface area (Å²) in [6.07, 6.45) is 2.38. The van der Waals surface area contributed by atoms with E-state index in [1.54, 1.807) is 0 Å². The van der Waals surface area contributed by atoms with E-state index in [4.69, 9.17) is 5.73 Å². The van der Waals surface area contributed by atoms with E-state index in [0.717, 1.165) is 31.6 Å². The first-order valence-corrected chi connectivity index (χ1v) is 8.85. The first-order chi connectivity index (χ1) is 10.8. The van der Waals surface area contributed by atoms with Gasteiger partial charge in [-0.1, -0.05) is 13.8 Å². The monoisotopic (exact) mass is 320 g/mol. The third kappa shape index (κ3) is 4.14. The minimum atomic E-state index is 0.254. The highest BCUT2D eigenvalue weighted by molar-refractivity contribution is 5.77. The number of nitrogens with two attached hydrogens (primary N) is 1. The summed E-state index contributed by atoms with van der Waals surface area (Å²) in [5, 5.41) is 4.64. The lowest BCUT2D eigenvalue weighted by Gasteiger charge is -2.21. The Hall–Kier alpha value is -1.36. The molecule has 2 atom stereocenters. The van der Waals surface area contributed by atoms with E-state index in [9.17, 15) is 4.79 Å². The summed E-state index contributed by atoms with van der Waals surface area (Å²) in [6, 6.07) is 0.321. The minimum Gasteiger partial charge on any atom is -0.340 e. The van der Waals surface area contributed by atoms with Crippen LogP contribution < -0.4 is 5.73 Å². The number of amides is 1. The van der Waals surface area contributed by atoms with Crippen LogP contribution in [0.15, 0.2) is 0 Å². The third-order valence-electron chi connectivity index (χ3n) is 4.97. The summed E-state index contributed by atoms with van der Waals surface area (Å²) >= 11 is 0. The number of hydrogen-bond acceptors (Lipinski definition) is 3. The smallest absolute Gasteiger partial charge is 0.223 e. The number of carbonyl (C=O) groups excluding carboxylic acids is 1. The second kappa shape index (κ2) is 7.47. The highest BCUT2D eigenvalue weighted by Gasteiger charge is 2.31. The Bertz CT molecular complexity index is 549. The maximum atomic E-state index is 12.6. The number of carbonyl (C=O) groups is 1. The van der Waals surface area contributed by atoms with Gasteiger partial charge in [0.05, 0.1) is 5.69 Å². The van der Waals surface area contributed by atoms with Crippen LogP contribution in [0.3, 0.4) is 0 Å². The summed E-state index contributed by atoms with van der Waals surface area (Å²) in [5.41, 5.74) is 9.26. The Morgan fingerprint density at radius 3 is 2.65 bits per heavy atom. The quantitative estimate of drug-likeness (QED) is 0.874. The zero-order valence-electron chi connectivity index (χ0n) is 15.3. The largest absolute Gasteiger partial charge is 0.340 e. The Kier molecular flexibility index (Phi) is 5.84. The molecule has 1 aliphatic heterocycles. The fourth-order valence-corrected chi connectivity index (χ4v) is 3.66. The average molecular weight is 320 g/mol. The second-order valence-electron chi connectivity index (χ2n) is 7.46. The molecule has 2 unspecified atom stereocenters. The van der Waals surface area contributed by atoms with Gasteiger partial charge in [-0.3, -0.25) is 9.48 Å². The van der Waals surface area contributed by atoms with Crippen molar-refractivity contribution in [1.29, 1.82) is 0 Å². The van der Waals surface area contributed by atoms with Crippen molar-refractivity contribution in [2.24, 2.45) is 17.6 Å². The van der Waals surface area contributed by atoms with Crippen molar-refractivity contribution in [1.82, 2.24) is 14.7 Å². The van der Waals surface area contributed by atoms with Crippen molar-refractivity contribution >= 4 is 5.91 Å². The summed E-state index contributed by atoms with van der Waals surface area (Å²) in [6.45, 7) is 13.1. The maximum Gasteiger partial charge on any atom is 0.223 e. The lowest BCUT2D eigenvalue weighted by atomic mass is 10.1. The standard InChI is InChI=1S/C18H32N4O/c1-12(2)10-22-15(5)17(14(4)20-22)6-7-18(23)21-11-16(9-19)8-13(21)3/h12-13,16H,6-11,19H2,1-5H3. The van der Waals surface area contributed by atoms with E-state index in [1.807, 2.05) is 11.8 Å². The van der Waals surface area contributed by atoms with Crippen molar-refractivity contribution in [2.45, 2.75) is 66.5 Å². The molecule has 1 aliphatic rings. The Morgan fingerprint density at radius 2 is 2.09 bits per heavy atom. The Labute approximate surface area is 140 Å². The molecule has 2 rings (SSSR count). The van der Waals surface area contributed by atoms with E-state index in [0.29, 0.717) is 30.8 Å². The lowest BCUT2D eigenvalue weighted by Crippen LogP contribution is -2.34. The van der Waals surface area contributed by atoms with E-state index >= 15 is 0 Å². The van der Waals surface area contributed by atoms with Crippen LogP contribution in [0, 0.1) is 25.7 Å². The average Bonchev–Trinajstić information content (AvgIpc) is 2.97. The fraction of sp³-hybridized carbons (Fsp3) is 0.778. The molecular weight excluding hydrogens is 288 g/mol. The molecule has 1 fully saturated rings. The molecule has 1 aromatic rings. The molecule has 0 radical (unpaired) electrons. The molecule has 1 aromatic heterocycles. The zero-order chi connectivity index (χ0) is 17.1. The van der Waals surface area contributed by atoms with Gasteiger partial charge >= 0.3 is 0 Å². The van der Waals surface area contributed by atoms with E-state index in [2.05, 4.69) is 37.5 Å². The predicted octanol–water partition coefficient (Wildman–Crippen LogP) is 2.28. The summed E-state index contributed by atoms with van der Waals surface area (Å²) < 4.78 is 2.09. The first kappa shape index (κ1) is 18.0. The van der Waals surface area contributed by atoms with Gasteiger partial charge in [-0.25, -0.2) is 0 Å². The third-order valence-corrected chi connectivity index (χ3v) is 4.97. The maximum absolute atomic E-state index is 12.6. The fourth-order valence-electron chi connectivity index (χ4n) is 3.66. The van der Waals surface area contributed by atoms with Crippen LogP contribution in [0.25, 0.3) is 0 Å². The number of rotatable bonds is 6. The molecule has 0 aliphatic carbocycles. The van der Waals surface area contributed by atoms with Crippen LogP contribution >= 0.6 is 0 Å². The summed E-state index contributed by atoms with van der Waals surface area (Å²) in [7, 11) is 0. The van der Waals surface area contributed by atoms with Gasteiger partial charge in [0.25, 0.3) is 0 Å². The van der Waals surface area contributed by atoms with Crippen LogP contribution in [0.1, 0.15) is 50.6 Å². The van der Waals surface area contributed by atoms with E-state index < -0.39 is 0 Å². The first-order valence-electron chi connectivity index (χ1n) is 8.85. The number of hydrogen-bond donors (Lipinski definition) is 1. The number of likely N-dealkylation sites (tertiary alicyclic amines) is 1. The normalized spacial score (nSPS) is 21.4. The van der Waals surface area contributed by atoms with Crippen molar-refractivity contribution in [2.75, 3.05) is 13.1 Å². The highest BCUT2D eigenvalue weighted by atomic mass is 16.2. The van der Waals surface area contributed by atoms with Gasteiger partial charge in [0.2, 0.25) is 5.91 Å². The topological polar surface area (TPSA) is 64.2 Å². The van der Waals surface area contributed by atoms with Crippen LogP contribution in [-0.4, -0.2) is 39.7 Å². The van der Waals surface area contributed by atoms with E-state index in [1.165, 1.54) is 11.3 Å². The second-order valence-corrected chi connectivity index (χ2v) is 7.46. The van der Waals surface area contributed by atoms with Crippen LogP contribution in [0.5, 0.6) is 0 Å². The molecule has 1 saturated heterocycles. The van der Waals surface area contributed by atoms with Gasteiger partial charge in [-0.15, -0.1) is 0 Å². The Morgan fingerprint density at radius 1 is 1.39 bits per heavy atom. The summed E-state index contributed by atoms with van der Waals surface area (Å²) in [4.78, 5) is 14.6. The van der Waals surface area contributed by atoms with Gasteiger partial charge in [0.1, 0.15) is 0 Å². The number of aromatic nitrogens is 2. The molecule has 5 heteroatoms.